The van der Waals surface area contributed by atoms with Crippen molar-refractivity contribution in [3.63, 3.8) is 0 Å². The molecule has 3 rings (SSSR count). The predicted octanol–water partition coefficient (Wildman–Crippen LogP) is 3.24. The van der Waals surface area contributed by atoms with Crippen molar-refractivity contribution in [3.8, 4) is 0 Å². The van der Waals surface area contributed by atoms with Gasteiger partial charge in [0.25, 0.3) is 0 Å². The number of nitrogens with zero attached hydrogens (tertiary/aromatic N) is 2. The van der Waals surface area contributed by atoms with Crippen LogP contribution in [0.25, 0.3) is 5.52 Å². The van der Waals surface area contributed by atoms with E-state index in [-0.39, 0.29) is 0 Å². The number of aryl methyl sites for hydroxylation is 3. The summed E-state index contributed by atoms with van der Waals surface area (Å²) in [5.41, 5.74) is 3.96. The van der Waals surface area contributed by atoms with Crippen LogP contribution in [0.2, 0.25) is 0 Å². The van der Waals surface area contributed by atoms with Crippen molar-refractivity contribution in [1.82, 2.24) is 9.38 Å². The Hall–Kier alpha value is -2.42. The first-order chi connectivity index (χ1) is 9.78. The van der Waals surface area contributed by atoms with Crippen molar-refractivity contribution >= 4 is 11.8 Å². The van der Waals surface area contributed by atoms with Gasteiger partial charge in [0.2, 0.25) is 0 Å². The van der Waals surface area contributed by atoms with Gasteiger partial charge in [-0.2, -0.15) is 0 Å². The van der Waals surface area contributed by atoms with Gasteiger partial charge in [-0.25, -0.2) is 4.98 Å². The second kappa shape index (κ2) is 5.29. The van der Waals surface area contributed by atoms with Gasteiger partial charge in [0.05, 0.1) is 5.52 Å². The van der Waals surface area contributed by atoms with Gasteiger partial charge in [0.1, 0.15) is 11.5 Å². The van der Waals surface area contributed by atoms with E-state index in [0.717, 1.165) is 30.5 Å². The molecule has 3 nitrogen and oxygen atoms in total. The molecule has 2 heterocycles. The minimum Gasteiger partial charge on any atom is -0.303 e. The zero-order valence-corrected chi connectivity index (χ0v) is 11.4. The molecule has 3 aromatic rings. The number of carbonyl (C=O) groups is 1. The largest absolute Gasteiger partial charge is 0.303 e. The SMILES string of the molecule is Cc1cccc(CCc2nc(C=O)c3ccccn23)c1. The highest BCUT2D eigenvalue weighted by atomic mass is 16.1. The number of hydrogen-bond acceptors (Lipinski definition) is 2. The molecule has 20 heavy (non-hydrogen) atoms. The second-order valence-corrected chi connectivity index (χ2v) is 4.98. The Labute approximate surface area is 117 Å². The smallest absolute Gasteiger partial charge is 0.170 e. The molecular formula is C17H16N2O. The van der Waals surface area contributed by atoms with Crippen LogP contribution in [-0.2, 0) is 12.8 Å². The lowest BCUT2D eigenvalue weighted by molar-refractivity contribution is 0.112. The second-order valence-electron chi connectivity index (χ2n) is 4.98. The molecule has 1 aromatic carbocycles. The van der Waals surface area contributed by atoms with E-state index in [9.17, 15) is 4.79 Å². The van der Waals surface area contributed by atoms with Gasteiger partial charge in [0.15, 0.2) is 6.29 Å². The van der Waals surface area contributed by atoms with Crippen molar-refractivity contribution in [3.05, 3.63) is 71.3 Å². The fourth-order valence-electron chi connectivity index (χ4n) is 2.51. The molecule has 3 heteroatoms. The number of imidazole rings is 1. The van der Waals surface area contributed by atoms with Crippen LogP contribution in [0.4, 0.5) is 0 Å². The van der Waals surface area contributed by atoms with E-state index in [1.807, 2.05) is 28.8 Å². The van der Waals surface area contributed by atoms with Crippen molar-refractivity contribution < 1.29 is 4.79 Å². The maximum atomic E-state index is 11.1. The molecule has 2 aromatic heterocycles. The Morgan fingerprint density at radius 3 is 2.85 bits per heavy atom. The van der Waals surface area contributed by atoms with Crippen LogP contribution in [0, 0.1) is 6.92 Å². The molecule has 0 saturated carbocycles. The molecule has 0 spiro atoms. The number of pyridine rings is 1. The van der Waals surface area contributed by atoms with Crippen LogP contribution in [0.5, 0.6) is 0 Å². The Balaban J connectivity index is 1.89. The van der Waals surface area contributed by atoms with Gasteiger partial charge >= 0.3 is 0 Å². The van der Waals surface area contributed by atoms with Crippen LogP contribution in [0.3, 0.4) is 0 Å². The highest BCUT2D eigenvalue weighted by molar-refractivity contribution is 5.83. The third kappa shape index (κ3) is 2.35. The van der Waals surface area contributed by atoms with E-state index in [1.54, 1.807) is 0 Å². The predicted molar refractivity (Wildman–Crippen MR) is 79.2 cm³/mol. The van der Waals surface area contributed by atoms with E-state index in [1.165, 1.54) is 11.1 Å². The van der Waals surface area contributed by atoms with Crippen molar-refractivity contribution in [2.75, 3.05) is 0 Å². The summed E-state index contributed by atoms with van der Waals surface area (Å²) < 4.78 is 2.00. The molecule has 0 unspecified atom stereocenters. The minimum absolute atomic E-state index is 0.518. The lowest BCUT2D eigenvalue weighted by Crippen LogP contribution is -1.98. The summed E-state index contributed by atoms with van der Waals surface area (Å²) in [6.07, 6.45) is 4.53. The third-order valence-corrected chi connectivity index (χ3v) is 3.48. The summed E-state index contributed by atoms with van der Waals surface area (Å²) >= 11 is 0. The molecule has 0 saturated heterocycles. The van der Waals surface area contributed by atoms with Crippen LogP contribution in [-0.4, -0.2) is 15.7 Å². The fraction of sp³-hybridized carbons (Fsp3) is 0.176. The van der Waals surface area contributed by atoms with Crippen molar-refractivity contribution in [2.45, 2.75) is 19.8 Å². The lowest BCUT2D eigenvalue weighted by atomic mass is 10.1. The van der Waals surface area contributed by atoms with E-state index in [2.05, 4.69) is 36.2 Å². The Morgan fingerprint density at radius 2 is 2.05 bits per heavy atom. The highest BCUT2D eigenvalue weighted by Gasteiger charge is 2.09. The summed E-state index contributed by atoms with van der Waals surface area (Å²) in [4.78, 5) is 15.5. The monoisotopic (exact) mass is 264 g/mol. The lowest BCUT2D eigenvalue weighted by Gasteiger charge is -2.03. The highest BCUT2D eigenvalue weighted by Crippen LogP contribution is 2.14. The summed E-state index contributed by atoms with van der Waals surface area (Å²) in [7, 11) is 0. The Bertz CT molecular complexity index is 759. The minimum atomic E-state index is 0.518. The molecule has 0 aliphatic carbocycles. The van der Waals surface area contributed by atoms with Crippen molar-refractivity contribution in [2.24, 2.45) is 0 Å². The molecule has 0 aliphatic heterocycles. The number of aldehydes is 1. The van der Waals surface area contributed by atoms with Crippen LogP contribution in [0.15, 0.2) is 48.7 Å². The van der Waals surface area contributed by atoms with E-state index < -0.39 is 0 Å². The zero-order chi connectivity index (χ0) is 13.9. The maximum Gasteiger partial charge on any atom is 0.170 e. The maximum absolute atomic E-state index is 11.1. The zero-order valence-electron chi connectivity index (χ0n) is 11.4. The first kappa shape index (κ1) is 12.6. The van der Waals surface area contributed by atoms with Crippen LogP contribution >= 0.6 is 0 Å². The van der Waals surface area contributed by atoms with Gasteiger partial charge in [-0.1, -0.05) is 35.9 Å². The number of rotatable bonds is 4. The molecule has 0 bridgehead atoms. The summed E-state index contributed by atoms with van der Waals surface area (Å²) in [6.45, 7) is 2.10. The number of carbonyl (C=O) groups excluding carboxylic acids is 1. The number of fused-ring (bicyclic) bond motifs is 1. The number of aromatic nitrogens is 2. The van der Waals surface area contributed by atoms with Gasteiger partial charge < -0.3 is 4.40 Å². The normalized spacial score (nSPS) is 10.8. The summed E-state index contributed by atoms with van der Waals surface area (Å²) in [5, 5.41) is 0. The number of benzene rings is 1. The van der Waals surface area contributed by atoms with Crippen molar-refractivity contribution in [1.29, 1.82) is 0 Å². The van der Waals surface area contributed by atoms with Gasteiger partial charge in [-0.3, -0.25) is 4.79 Å². The molecule has 0 radical (unpaired) electrons. The van der Waals surface area contributed by atoms with E-state index >= 15 is 0 Å². The van der Waals surface area contributed by atoms with E-state index in [0.29, 0.717) is 5.69 Å². The molecule has 0 amide bonds. The van der Waals surface area contributed by atoms with Gasteiger partial charge in [-0.15, -0.1) is 0 Å². The first-order valence-electron chi connectivity index (χ1n) is 6.74. The first-order valence-corrected chi connectivity index (χ1v) is 6.74. The van der Waals surface area contributed by atoms with Crippen LogP contribution in [0.1, 0.15) is 27.4 Å². The third-order valence-electron chi connectivity index (χ3n) is 3.48. The Kier molecular flexibility index (Phi) is 3.33. The van der Waals surface area contributed by atoms with E-state index in [4.69, 9.17) is 0 Å². The molecule has 0 N–H and O–H groups in total. The molecule has 0 fully saturated rings. The quantitative estimate of drug-likeness (QED) is 0.678. The van der Waals surface area contributed by atoms with Gasteiger partial charge in [-0.05, 0) is 31.0 Å². The fourth-order valence-corrected chi connectivity index (χ4v) is 2.51. The molecule has 0 aliphatic rings. The molecular weight excluding hydrogens is 248 g/mol. The van der Waals surface area contributed by atoms with Crippen LogP contribution < -0.4 is 0 Å². The summed E-state index contributed by atoms with van der Waals surface area (Å²) in [6, 6.07) is 14.3. The van der Waals surface area contributed by atoms with Gasteiger partial charge in [0, 0.05) is 12.6 Å². The molecule has 0 atom stereocenters. The topological polar surface area (TPSA) is 34.4 Å². The molecule has 100 valence electrons. The standard InChI is InChI=1S/C17H16N2O/c1-13-5-4-6-14(11-13)8-9-17-18-15(12-20)16-7-2-3-10-19(16)17/h2-7,10-12H,8-9H2,1H3. The summed E-state index contributed by atoms with van der Waals surface area (Å²) in [5.74, 6) is 0.934. The average Bonchev–Trinajstić information content (AvgIpc) is 2.83. The Morgan fingerprint density at radius 1 is 1.15 bits per heavy atom. The number of hydrogen-bond donors (Lipinski definition) is 0. The average molecular weight is 264 g/mol.